The number of hydrogen-bond acceptors (Lipinski definition) is 3. The summed E-state index contributed by atoms with van der Waals surface area (Å²) < 4.78 is 5.30. The molecule has 0 aliphatic heterocycles. The number of nitrogens with one attached hydrogen (secondary N) is 1. The highest BCUT2D eigenvalue weighted by Crippen LogP contribution is 2.15. The molecule has 0 aliphatic rings. The molecule has 0 bridgehead atoms. The predicted molar refractivity (Wildman–Crippen MR) is 107 cm³/mol. The van der Waals surface area contributed by atoms with Gasteiger partial charge in [0.2, 0.25) is 0 Å². The van der Waals surface area contributed by atoms with Crippen molar-refractivity contribution in [3.05, 3.63) is 35.9 Å². The second-order valence-electron chi connectivity index (χ2n) is 7.57. The quantitative estimate of drug-likeness (QED) is 0.459. The molecular formula is C22H37NO3. The molecule has 2 atom stereocenters. The zero-order valence-corrected chi connectivity index (χ0v) is 16.7. The van der Waals surface area contributed by atoms with Crippen molar-refractivity contribution in [2.45, 2.75) is 90.9 Å². The first kappa shape index (κ1) is 22.5. The fourth-order valence-electron chi connectivity index (χ4n) is 3.07. The molecule has 1 amide bonds. The highest BCUT2D eigenvalue weighted by atomic mass is 16.5. The second-order valence-corrected chi connectivity index (χ2v) is 7.57. The van der Waals surface area contributed by atoms with Gasteiger partial charge in [0.1, 0.15) is 6.61 Å². The first-order valence-electron chi connectivity index (χ1n) is 10.2. The number of carbonyl (C=O) groups is 1. The van der Waals surface area contributed by atoms with Crippen molar-refractivity contribution < 1.29 is 14.6 Å². The number of aliphatic hydroxyl groups excluding tert-OH is 1. The van der Waals surface area contributed by atoms with Gasteiger partial charge in [-0.05, 0) is 24.3 Å². The van der Waals surface area contributed by atoms with E-state index in [-0.39, 0.29) is 12.6 Å². The van der Waals surface area contributed by atoms with Crippen LogP contribution >= 0.6 is 0 Å². The Morgan fingerprint density at radius 2 is 1.73 bits per heavy atom. The summed E-state index contributed by atoms with van der Waals surface area (Å²) in [5.74, 6) is 0.397. The summed E-state index contributed by atoms with van der Waals surface area (Å²) >= 11 is 0. The number of benzene rings is 1. The van der Waals surface area contributed by atoms with Gasteiger partial charge in [-0.1, -0.05) is 89.6 Å². The molecule has 2 N–H and O–H groups in total. The predicted octanol–water partition coefficient (Wildman–Crippen LogP) is 5.44. The number of aliphatic hydroxyl groups is 1. The summed E-state index contributed by atoms with van der Waals surface area (Å²) in [5, 5.41) is 13.4. The van der Waals surface area contributed by atoms with Gasteiger partial charge in [0.05, 0.1) is 12.1 Å². The third kappa shape index (κ3) is 10.4. The number of alkyl carbamates (subject to hydrolysis) is 1. The molecule has 0 unspecified atom stereocenters. The minimum absolute atomic E-state index is 0.245. The van der Waals surface area contributed by atoms with Gasteiger partial charge in [0.25, 0.3) is 0 Å². The molecule has 1 rings (SSSR count). The number of carbonyl (C=O) groups excluding carboxylic acids is 1. The fraction of sp³-hybridized carbons (Fsp3) is 0.682. The molecule has 0 fully saturated rings. The van der Waals surface area contributed by atoms with Crippen LogP contribution in [0.15, 0.2) is 30.3 Å². The standard InChI is InChI=1S/C22H37NO3/c1-4-5-6-7-8-12-15-21(24)20(16-18(2)3)23-22(25)26-17-19-13-10-9-11-14-19/h9-11,13-14,18,20-21,24H,4-8,12,15-17H2,1-3H3,(H,23,25)/t20-,21-/m0/s1. The minimum atomic E-state index is -0.521. The lowest BCUT2D eigenvalue weighted by Gasteiger charge is -2.25. The Bertz CT molecular complexity index is 476. The molecule has 0 radical (unpaired) electrons. The summed E-state index contributed by atoms with van der Waals surface area (Å²) in [5.41, 5.74) is 0.954. The Balaban J connectivity index is 2.37. The van der Waals surface area contributed by atoms with Gasteiger partial charge in [-0.2, -0.15) is 0 Å². The molecule has 0 saturated carbocycles. The molecule has 148 valence electrons. The average Bonchev–Trinajstić information content (AvgIpc) is 2.62. The van der Waals surface area contributed by atoms with Gasteiger partial charge in [-0.25, -0.2) is 4.79 Å². The first-order valence-corrected chi connectivity index (χ1v) is 10.2. The number of hydrogen-bond donors (Lipinski definition) is 2. The molecular weight excluding hydrogens is 326 g/mol. The van der Waals surface area contributed by atoms with Crippen molar-refractivity contribution in [1.29, 1.82) is 0 Å². The highest BCUT2D eigenvalue weighted by Gasteiger charge is 2.22. The van der Waals surface area contributed by atoms with E-state index in [9.17, 15) is 9.90 Å². The Morgan fingerprint density at radius 1 is 1.08 bits per heavy atom. The van der Waals surface area contributed by atoms with Gasteiger partial charge in [-0.3, -0.25) is 0 Å². The second kappa shape index (κ2) is 13.6. The topological polar surface area (TPSA) is 58.6 Å². The van der Waals surface area contributed by atoms with E-state index in [1.54, 1.807) is 0 Å². The lowest BCUT2D eigenvalue weighted by molar-refractivity contribution is 0.0876. The van der Waals surface area contributed by atoms with Crippen molar-refractivity contribution in [2.75, 3.05) is 0 Å². The molecule has 4 heteroatoms. The molecule has 0 aliphatic carbocycles. The van der Waals surface area contributed by atoms with Crippen LogP contribution in [0.25, 0.3) is 0 Å². The zero-order valence-electron chi connectivity index (χ0n) is 16.7. The van der Waals surface area contributed by atoms with Crippen molar-refractivity contribution in [3.63, 3.8) is 0 Å². The van der Waals surface area contributed by atoms with Crippen LogP contribution < -0.4 is 5.32 Å². The van der Waals surface area contributed by atoms with Crippen LogP contribution in [0.2, 0.25) is 0 Å². The molecule has 4 nitrogen and oxygen atoms in total. The van der Waals surface area contributed by atoms with Gasteiger partial charge >= 0.3 is 6.09 Å². The Kier molecular flexibility index (Phi) is 11.8. The Morgan fingerprint density at radius 3 is 2.38 bits per heavy atom. The maximum atomic E-state index is 12.1. The maximum absolute atomic E-state index is 12.1. The third-order valence-corrected chi connectivity index (χ3v) is 4.56. The lowest BCUT2D eigenvalue weighted by atomic mass is 9.95. The van der Waals surface area contributed by atoms with Crippen molar-refractivity contribution in [2.24, 2.45) is 5.92 Å². The maximum Gasteiger partial charge on any atom is 0.407 e. The number of ether oxygens (including phenoxy) is 1. The Hall–Kier alpha value is -1.55. The largest absolute Gasteiger partial charge is 0.445 e. The number of unbranched alkanes of at least 4 members (excludes halogenated alkanes) is 5. The van der Waals surface area contributed by atoms with Crippen LogP contribution in [-0.4, -0.2) is 23.3 Å². The highest BCUT2D eigenvalue weighted by molar-refractivity contribution is 5.67. The fourth-order valence-corrected chi connectivity index (χ4v) is 3.07. The number of amides is 1. The number of rotatable bonds is 13. The van der Waals surface area contributed by atoms with Gasteiger partial charge < -0.3 is 15.2 Å². The molecule has 0 spiro atoms. The molecule has 0 heterocycles. The van der Waals surface area contributed by atoms with E-state index >= 15 is 0 Å². The van der Waals surface area contributed by atoms with Crippen LogP contribution in [0.4, 0.5) is 4.79 Å². The Labute approximate surface area is 159 Å². The van der Waals surface area contributed by atoms with Crippen molar-refractivity contribution >= 4 is 6.09 Å². The van der Waals surface area contributed by atoms with Gasteiger partial charge in [0, 0.05) is 0 Å². The smallest absolute Gasteiger partial charge is 0.407 e. The zero-order chi connectivity index (χ0) is 19.2. The molecule has 0 saturated heterocycles. The van der Waals surface area contributed by atoms with E-state index in [0.29, 0.717) is 5.92 Å². The summed E-state index contributed by atoms with van der Waals surface area (Å²) in [6, 6.07) is 9.36. The van der Waals surface area contributed by atoms with Gasteiger partial charge in [-0.15, -0.1) is 0 Å². The van der Waals surface area contributed by atoms with Gasteiger partial charge in [0.15, 0.2) is 0 Å². The third-order valence-electron chi connectivity index (χ3n) is 4.56. The SMILES string of the molecule is CCCCCCCC[C@H](O)[C@H](CC(C)C)NC(=O)OCc1ccccc1. The summed E-state index contributed by atoms with van der Waals surface area (Å²) in [6.07, 6.45) is 7.66. The normalized spacial score (nSPS) is 13.4. The summed E-state index contributed by atoms with van der Waals surface area (Å²) in [6.45, 7) is 6.65. The van der Waals surface area contributed by atoms with E-state index < -0.39 is 12.2 Å². The van der Waals surface area contributed by atoms with Crippen LogP contribution in [-0.2, 0) is 11.3 Å². The van der Waals surface area contributed by atoms with E-state index in [0.717, 1.165) is 31.2 Å². The molecule has 0 aromatic heterocycles. The van der Waals surface area contributed by atoms with Crippen LogP contribution in [0, 0.1) is 5.92 Å². The minimum Gasteiger partial charge on any atom is -0.445 e. The van der Waals surface area contributed by atoms with E-state index in [1.165, 1.54) is 25.7 Å². The monoisotopic (exact) mass is 363 g/mol. The first-order chi connectivity index (χ1) is 12.5. The molecule has 1 aromatic rings. The lowest BCUT2D eigenvalue weighted by Crippen LogP contribution is -2.44. The van der Waals surface area contributed by atoms with Crippen LogP contribution in [0.1, 0.15) is 77.7 Å². The van der Waals surface area contributed by atoms with Crippen molar-refractivity contribution in [1.82, 2.24) is 5.32 Å². The van der Waals surface area contributed by atoms with E-state index in [2.05, 4.69) is 26.1 Å². The average molecular weight is 364 g/mol. The van der Waals surface area contributed by atoms with E-state index in [4.69, 9.17) is 4.74 Å². The van der Waals surface area contributed by atoms with E-state index in [1.807, 2.05) is 30.3 Å². The van der Waals surface area contributed by atoms with Crippen LogP contribution in [0.5, 0.6) is 0 Å². The molecule has 1 aromatic carbocycles. The molecule has 26 heavy (non-hydrogen) atoms. The summed E-state index contributed by atoms with van der Waals surface area (Å²) in [7, 11) is 0. The summed E-state index contributed by atoms with van der Waals surface area (Å²) in [4.78, 5) is 12.1. The van der Waals surface area contributed by atoms with Crippen LogP contribution in [0.3, 0.4) is 0 Å². The van der Waals surface area contributed by atoms with Crippen molar-refractivity contribution in [3.8, 4) is 0 Å².